The molecule has 5 nitrogen and oxygen atoms in total. The molecule has 0 aliphatic carbocycles. The lowest BCUT2D eigenvalue weighted by Crippen LogP contribution is -2.42. The second-order valence-electron chi connectivity index (χ2n) is 3.44. The van der Waals surface area contributed by atoms with E-state index in [0.29, 0.717) is 6.42 Å². The van der Waals surface area contributed by atoms with Crippen LogP contribution in [0.25, 0.3) is 0 Å². The number of nitrogens with zero attached hydrogens (tertiary/aromatic N) is 3. The molecule has 1 atom stereocenters. The van der Waals surface area contributed by atoms with Crippen LogP contribution in [-0.4, -0.2) is 28.8 Å². The van der Waals surface area contributed by atoms with Crippen molar-refractivity contribution in [3.05, 3.63) is 30.1 Å². The fraction of sp³-hybridized carbons (Fsp3) is 0.300. The average Bonchev–Trinajstić information content (AvgIpc) is 2.26. The van der Waals surface area contributed by atoms with Crippen LogP contribution in [0, 0.1) is 0 Å². The number of pyridine rings is 1. The lowest BCUT2D eigenvalue weighted by molar-refractivity contribution is -0.127. The molecule has 2 N–H and O–H groups in total. The lowest BCUT2D eigenvalue weighted by Gasteiger charge is -2.25. The number of hydrogen-bond donors (Lipinski definition) is 1. The SMILES string of the molecule is CN1C(=O)CC(c2ccncc2)N=C1N. The topological polar surface area (TPSA) is 71.6 Å². The molecule has 0 bridgehead atoms. The van der Waals surface area contributed by atoms with Gasteiger partial charge < -0.3 is 5.73 Å². The smallest absolute Gasteiger partial charge is 0.231 e. The van der Waals surface area contributed by atoms with E-state index < -0.39 is 0 Å². The van der Waals surface area contributed by atoms with Crippen LogP contribution in [-0.2, 0) is 4.79 Å². The van der Waals surface area contributed by atoms with Crippen molar-refractivity contribution in [2.24, 2.45) is 10.7 Å². The highest BCUT2D eigenvalue weighted by Gasteiger charge is 2.25. The van der Waals surface area contributed by atoms with Crippen LogP contribution in [0.3, 0.4) is 0 Å². The number of aromatic nitrogens is 1. The summed E-state index contributed by atoms with van der Waals surface area (Å²) in [5, 5.41) is 0. The summed E-state index contributed by atoms with van der Waals surface area (Å²) in [6.45, 7) is 0. The summed E-state index contributed by atoms with van der Waals surface area (Å²) in [5.41, 5.74) is 6.60. The average molecular weight is 204 g/mol. The molecule has 1 aromatic rings. The third-order valence-electron chi connectivity index (χ3n) is 2.46. The molecule has 0 saturated heterocycles. The van der Waals surface area contributed by atoms with E-state index in [9.17, 15) is 4.79 Å². The summed E-state index contributed by atoms with van der Waals surface area (Å²) >= 11 is 0. The molecule has 0 radical (unpaired) electrons. The molecule has 0 fully saturated rings. The molecule has 2 heterocycles. The van der Waals surface area contributed by atoms with Gasteiger partial charge in [0.2, 0.25) is 5.91 Å². The molecule has 78 valence electrons. The van der Waals surface area contributed by atoms with Gasteiger partial charge in [-0.15, -0.1) is 0 Å². The van der Waals surface area contributed by atoms with Crippen LogP contribution in [0.5, 0.6) is 0 Å². The highest BCUT2D eigenvalue weighted by atomic mass is 16.2. The van der Waals surface area contributed by atoms with E-state index in [4.69, 9.17) is 5.73 Å². The maximum Gasteiger partial charge on any atom is 0.231 e. The van der Waals surface area contributed by atoms with Gasteiger partial charge in [0.15, 0.2) is 5.96 Å². The van der Waals surface area contributed by atoms with E-state index >= 15 is 0 Å². The molecule has 0 spiro atoms. The van der Waals surface area contributed by atoms with Gasteiger partial charge in [-0.25, -0.2) is 4.99 Å². The highest BCUT2D eigenvalue weighted by molar-refractivity contribution is 5.98. The van der Waals surface area contributed by atoms with Gasteiger partial charge in [0.25, 0.3) is 0 Å². The Hall–Kier alpha value is -1.91. The normalized spacial score (nSPS) is 21.4. The fourth-order valence-electron chi connectivity index (χ4n) is 1.50. The fourth-order valence-corrected chi connectivity index (χ4v) is 1.50. The number of nitrogens with two attached hydrogens (primary N) is 1. The van der Waals surface area contributed by atoms with Crippen molar-refractivity contribution in [3.8, 4) is 0 Å². The van der Waals surface area contributed by atoms with Gasteiger partial charge in [0.05, 0.1) is 12.5 Å². The maximum atomic E-state index is 11.5. The van der Waals surface area contributed by atoms with E-state index in [-0.39, 0.29) is 17.9 Å². The number of carbonyl (C=O) groups is 1. The van der Waals surface area contributed by atoms with E-state index in [1.54, 1.807) is 19.4 Å². The number of rotatable bonds is 1. The molecule has 1 aromatic heterocycles. The molecule has 0 saturated carbocycles. The predicted octanol–water partition coefficient (Wildman–Crippen LogP) is 0.299. The first kappa shape index (κ1) is 9.64. The van der Waals surface area contributed by atoms with Gasteiger partial charge in [-0.05, 0) is 17.7 Å². The second-order valence-corrected chi connectivity index (χ2v) is 3.44. The summed E-state index contributed by atoms with van der Waals surface area (Å²) in [6, 6.07) is 3.52. The van der Waals surface area contributed by atoms with Gasteiger partial charge >= 0.3 is 0 Å². The van der Waals surface area contributed by atoms with E-state index in [1.807, 2.05) is 12.1 Å². The Morgan fingerprint density at radius 3 is 2.73 bits per heavy atom. The van der Waals surface area contributed by atoms with Crippen molar-refractivity contribution in [2.45, 2.75) is 12.5 Å². The van der Waals surface area contributed by atoms with Crippen LogP contribution in [0.2, 0.25) is 0 Å². The van der Waals surface area contributed by atoms with Crippen molar-refractivity contribution >= 4 is 11.9 Å². The molecule has 1 amide bonds. The third kappa shape index (κ3) is 1.81. The summed E-state index contributed by atoms with van der Waals surface area (Å²) in [5.74, 6) is 0.261. The number of carbonyl (C=O) groups excluding carboxylic acids is 1. The van der Waals surface area contributed by atoms with E-state index in [0.717, 1.165) is 5.56 Å². The Labute approximate surface area is 87.6 Å². The number of hydrogen-bond acceptors (Lipinski definition) is 4. The molecule has 2 rings (SSSR count). The Bertz CT molecular complexity index is 401. The van der Waals surface area contributed by atoms with Crippen molar-refractivity contribution in [3.63, 3.8) is 0 Å². The molecule has 0 aromatic carbocycles. The van der Waals surface area contributed by atoms with Crippen molar-refractivity contribution in [1.82, 2.24) is 9.88 Å². The first-order valence-corrected chi connectivity index (χ1v) is 4.68. The Kier molecular flexibility index (Phi) is 2.37. The van der Waals surface area contributed by atoms with Crippen molar-refractivity contribution in [2.75, 3.05) is 7.05 Å². The Morgan fingerprint density at radius 2 is 2.13 bits per heavy atom. The zero-order valence-electron chi connectivity index (χ0n) is 8.42. The van der Waals surface area contributed by atoms with Crippen molar-refractivity contribution < 1.29 is 4.79 Å². The Morgan fingerprint density at radius 1 is 1.47 bits per heavy atom. The van der Waals surface area contributed by atoms with Crippen LogP contribution >= 0.6 is 0 Å². The molecule has 1 unspecified atom stereocenters. The number of guanidine groups is 1. The minimum Gasteiger partial charge on any atom is -0.369 e. The number of amides is 1. The van der Waals surface area contributed by atoms with Gasteiger partial charge in [-0.3, -0.25) is 14.7 Å². The summed E-state index contributed by atoms with van der Waals surface area (Å²) in [6.07, 6.45) is 3.73. The van der Waals surface area contributed by atoms with Crippen molar-refractivity contribution in [1.29, 1.82) is 0 Å². The quantitative estimate of drug-likeness (QED) is 0.715. The second kappa shape index (κ2) is 3.68. The highest BCUT2D eigenvalue weighted by Crippen LogP contribution is 2.24. The molecule has 15 heavy (non-hydrogen) atoms. The van der Waals surface area contributed by atoms with E-state index in [2.05, 4.69) is 9.98 Å². The molecule has 1 aliphatic heterocycles. The van der Waals surface area contributed by atoms with Gasteiger partial charge in [0.1, 0.15) is 0 Å². The maximum absolute atomic E-state index is 11.5. The molecular formula is C10H12N4O. The first-order valence-electron chi connectivity index (χ1n) is 4.68. The molecule has 1 aliphatic rings. The summed E-state index contributed by atoms with van der Waals surface area (Å²) in [7, 11) is 1.63. The third-order valence-corrected chi connectivity index (χ3v) is 2.46. The number of aliphatic imine (C=N–C) groups is 1. The van der Waals surface area contributed by atoms with Crippen LogP contribution in [0.1, 0.15) is 18.0 Å². The van der Waals surface area contributed by atoms with Crippen LogP contribution in [0.4, 0.5) is 0 Å². The van der Waals surface area contributed by atoms with E-state index in [1.165, 1.54) is 4.90 Å². The van der Waals surface area contributed by atoms with Crippen LogP contribution < -0.4 is 5.73 Å². The minimum atomic E-state index is -0.170. The minimum absolute atomic E-state index is 0.00990. The first-order chi connectivity index (χ1) is 7.18. The zero-order chi connectivity index (χ0) is 10.8. The lowest BCUT2D eigenvalue weighted by atomic mass is 10.0. The van der Waals surface area contributed by atoms with Gasteiger partial charge in [-0.1, -0.05) is 0 Å². The van der Waals surface area contributed by atoms with Crippen LogP contribution in [0.15, 0.2) is 29.5 Å². The predicted molar refractivity (Wildman–Crippen MR) is 56.0 cm³/mol. The van der Waals surface area contributed by atoms with Gasteiger partial charge in [0, 0.05) is 19.4 Å². The van der Waals surface area contributed by atoms with Gasteiger partial charge in [-0.2, -0.15) is 0 Å². The zero-order valence-corrected chi connectivity index (χ0v) is 8.42. The Balaban J connectivity index is 2.30. The summed E-state index contributed by atoms with van der Waals surface area (Å²) in [4.78, 5) is 21.1. The monoisotopic (exact) mass is 204 g/mol. The standard InChI is InChI=1S/C10H12N4O/c1-14-9(15)6-8(13-10(14)11)7-2-4-12-5-3-7/h2-5,8H,6H2,1H3,(H2,11,13). The molecule has 5 heteroatoms. The molecular weight excluding hydrogens is 192 g/mol. The largest absolute Gasteiger partial charge is 0.369 e. The summed E-state index contributed by atoms with van der Waals surface area (Å²) < 4.78 is 0.